The Morgan fingerprint density at radius 1 is 1.27 bits per heavy atom. The average molecular weight is 219 g/mol. The molecule has 0 fully saturated rings. The molecule has 0 saturated heterocycles. The van der Waals surface area contributed by atoms with E-state index in [0.717, 1.165) is 6.07 Å². The van der Waals surface area contributed by atoms with Crippen molar-refractivity contribution in [3.63, 3.8) is 0 Å². The Kier molecular flexibility index (Phi) is 3.57. The summed E-state index contributed by atoms with van der Waals surface area (Å²) in [5.41, 5.74) is 4.79. The predicted molar refractivity (Wildman–Crippen MR) is 51.3 cm³/mol. The quantitative estimate of drug-likeness (QED) is 0.765. The standard InChI is InChI=1S/C10H12F3NO/c11-10(12,13)8-5-1-3-7(9(8)14)4-2-6-15/h1,3,5,15H,2,4,6,14H2. The molecule has 0 bridgehead atoms. The third-order valence-electron chi connectivity index (χ3n) is 2.11. The van der Waals surface area contributed by atoms with Gasteiger partial charge in [-0.2, -0.15) is 13.2 Å². The van der Waals surface area contributed by atoms with Gasteiger partial charge >= 0.3 is 6.18 Å². The molecule has 3 N–H and O–H groups in total. The number of benzene rings is 1. The van der Waals surface area contributed by atoms with Crippen LogP contribution in [0.5, 0.6) is 0 Å². The van der Waals surface area contributed by atoms with Gasteiger partial charge in [-0.25, -0.2) is 0 Å². The van der Waals surface area contributed by atoms with Gasteiger partial charge in [0.15, 0.2) is 0 Å². The van der Waals surface area contributed by atoms with E-state index in [2.05, 4.69) is 0 Å². The molecule has 15 heavy (non-hydrogen) atoms. The summed E-state index contributed by atoms with van der Waals surface area (Å²) < 4.78 is 37.3. The van der Waals surface area contributed by atoms with Gasteiger partial charge in [0.1, 0.15) is 0 Å². The highest BCUT2D eigenvalue weighted by molar-refractivity contribution is 5.55. The topological polar surface area (TPSA) is 46.2 Å². The molecule has 0 saturated carbocycles. The van der Waals surface area contributed by atoms with E-state index < -0.39 is 11.7 Å². The lowest BCUT2D eigenvalue weighted by Crippen LogP contribution is -2.10. The summed E-state index contributed by atoms with van der Waals surface area (Å²) in [4.78, 5) is 0. The van der Waals surface area contributed by atoms with Crippen LogP contribution < -0.4 is 5.73 Å². The molecule has 0 aliphatic carbocycles. The lowest BCUT2D eigenvalue weighted by molar-refractivity contribution is -0.136. The lowest BCUT2D eigenvalue weighted by Gasteiger charge is -2.13. The number of rotatable bonds is 3. The van der Waals surface area contributed by atoms with Crippen LogP contribution in [0.4, 0.5) is 18.9 Å². The minimum atomic E-state index is -4.42. The molecule has 0 spiro atoms. The fourth-order valence-electron chi connectivity index (χ4n) is 1.35. The van der Waals surface area contributed by atoms with E-state index in [-0.39, 0.29) is 12.3 Å². The van der Waals surface area contributed by atoms with Crippen LogP contribution >= 0.6 is 0 Å². The van der Waals surface area contributed by atoms with E-state index in [1.54, 1.807) is 6.07 Å². The number of anilines is 1. The first-order valence-corrected chi connectivity index (χ1v) is 4.52. The SMILES string of the molecule is Nc1c(CCCO)cccc1C(F)(F)F. The second-order valence-corrected chi connectivity index (χ2v) is 3.20. The third-order valence-corrected chi connectivity index (χ3v) is 2.11. The summed E-state index contributed by atoms with van der Waals surface area (Å²) >= 11 is 0. The van der Waals surface area contributed by atoms with Crippen molar-refractivity contribution in [3.05, 3.63) is 29.3 Å². The largest absolute Gasteiger partial charge is 0.418 e. The number of aliphatic hydroxyl groups excluding tert-OH is 1. The van der Waals surface area contributed by atoms with Gasteiger partial charge in [0.2, 0.25) is 0 Å². The van der Waals surface area contributed by atoms with Crippen LogP contribution in [-0.4, -0.2) is 11.7 Å². The predicted octanol–water partition coefficient (Wildman–Crippen LogP) is 2.21. The Labute approximate surface area is 85.5 Å². The highest BCUT2D eigenvalue weighted by Gasteiger charge is 2.33. The maximum atomic E-state index is 12.4. The number of hydrogen-bond donors (Lipinski definition) is 2. The normalized spacial score (nSPS) is 11.7. The molecule has 1 rings (SSSR count). The van der Waals surface area contributed by atoms with Crippen LogP contribution in [-0.2, 0) is 12.6 Å². The summed E-state index contributed by atoms with van der Waals surface area (Å²) in [6.07, 6.45) is -3.66. The molecule has 1 aromatic carbocycles. The van der Waals surface area contributed by atoms with Gasteiger partial charge in [0, 0.05) is 12.3 Å². The minimum absolute atomic E-state index is 0.0598. The summed E-state index contributed by atoms with van der Waals surface area (Å²) in [6.45, 7) is -0.0598. The van der Waals surface area contributed by atoms with Crippen molar-refractivity contribution in [1.82, 2.24) is 0 Å². The second-order valence-electron chi connectivity index (χ2n) is 3.20. The van der Waals surface area contributed by atoms with Crippen molar-refractivity contribution in [3.8, 4) is 0 Å². The lowest BCUT2D eigenvalue weighted by atomic mass is 10.0. The zero-order chi connectivity index (χ0) is 11.5. The first kappa shape index (κ1) is 11.8. The van der Waals surface area contributed by atoms with E-state index in [0.29, 0.717) is 18.4 Å². The van der Waals surface area contributed by atoms with Crippen molar-refractivity contribution in [1.29, 1.82) is 0 Å². The van der Waals surface area contributed by atoms with Crippen molar-refractivity contribution in [2.24, 2.45) is 0 Å². The Balaban J connectivity index is 3.01. The maximum Gasteiger partial charge on any atom is 0.418 e. The molecule has 5 heteroatoms. The number of alkyl halides is 3. The zero-order valence-corrected chi connectivity index (χ0v) is 8.01. The highest BCUT2D eigenvalue weighted by atomic mass is 19.4. The van der Waals surface area contributed by atoms with Gasteiger partial charge in [0.25, 0.3) is 0 Å². The van der Waals surface area contributed by atoms with E-state index in [4.69, 9.17) is 10.8 Å². The molecule has 1 aromatic rings. The van der Waals surface area contributed by atoms with Gasteiger partial charge < -0.3 is 10.8 Å². The van der Waals surface area contributed by atoms with Crippen LogP contribution in [0.2, 0.25) is 0 Å². The van der Waals surface area contributed by atoms with Crippen molar-refractivity contribution < 1.29 is 18.3 Å². The van der Waals surface area contributed by atoms with Crippen molar-refractivity contribution >= 4 is 5.69 Å². The number of aliphatic hydroxyl groups is 1. The number of aryl methyl sites for hydroxylation is 1. The highest BCUT2D eigenvalue weighted by Crippen LogP contribution is 2.35. The van der Waals surface area contributed by atoms with Crippen LogP contribution in [0.3, 0.4) is 0 Å². The minimum Gasteiger partial charge on any atom is -0.398 e. The fourth-order valence-corrected chi connectivity index (χ4v) is 1.35. The number of para-hydroxylation sites is 1. The van der Waals surface area contributed by atoms with Crippen LogP contribution in [0.1, 0.15) is 17.5 Å². The number of nitrogens with two attached hydrogens (primary N) is 1. The van der Waals surface area contributed by atoms with E-state index in [1.807, 2.05) is 0 Å². The van der Waals surface area contributed by atoms with Gasteiger partial charge in [-0.15, -0.1) is 0 Å². The molecule has 0 aromatic heterocycles. The second kappa shape index (κ2) is 4.53. The average Bonchev–Trinajstić information content (AvgIpc) is 2.14. The molecule has 0 aliphatic heterocycles. The van der Waals surface area contributed by atoms with Gasteiger partial charge in [-0.1, -0.05) is 12.1 Å². The maximum absolute atomic E-state index is 12.4. The number of nitrogen functional groups attached to an aromatic ring is 1. The summed E-state index contributed by atoms with van der Waals surface area (Å²) in [5, 5.41) is 8.58. The Bertz CT molecular complexity index is 336. The van der Waals surface area contributed by atoms with Gasteiger partial charge in [-0.3, -0.25) is 0 Å². The van der Waals surface area contributed by atoms with Crippen molar-refractivity contribution in [2.75, 3.05) is 12.3 Å². The molecule has 0 radical (unpaired) electrons. The molecule has 2 nitrogen and oxygen atoms in total. The summed E-state index contributed by atoms with van der Waals surface area (Å²) in [7, 11) is 0. The molecule has 0 atom stereocenters. The Morgan fingerprint density at radius 2 is 1.93 bits per heavy atom. The fraction of sp³-hybridized carbons (Fsp3) is 0.400. The van der Waals surface area contributed by atoms with Crippen molar-refractivity contribution in [2.45, 2.75) is 19.0 Å². The summed E-state index contributed by atoms with van der Waals surface area (Å²) in [5.74, 6) is 0. The molecule has 0 aliphatic rings. The van der Waals surface area contributed by atoms with Crippen LogP contribution in [0.25, 0.3) is 0 Å². The van der Waals surface area contributed by atoms with E-state index >= 15 is 0 Å². The molecule has 0 amide bonds. The van der Waals surface area contributed by atoms with E-state index in [1.165, 1.54) is 6.07 Å². The number of halogens is 3. The number of hydrogen-bond acceptors (Lipinski definition) is 2. The van der Waals surface area contributed by atoms with Gasteiger partial charge in [-0.05, 0) is 24.5 Å². The van der Waals surface area contributed by atoms with E-state index in [9.17, 15) is 13.2 Å². The first-order chi connectivity index (χ1) is 6.96. The Morgan fingerprint density at radius 3 is 2.47 bits per heavy atom. The Hall–Kier alpha value is -1.23. The van der Waals surface area contributed by atoms with Crippen LogP contribution in [0.15, 0.2) is 18.2 Å². The molecule has 84 valence electrons. The van der Waals surface area contributed by atoms with Gasteiger partial charge in [0.05, 0.1) is 5.56 Å². The zero-order valence-electron chi connectivity index (χ0n) is 8.01. The third kappa shape index (κ3) is 2.86. The molecule has 0 unspecified atom stereocenters. The van der Waals surface area contributed by atoms with Crippen LogP contribution in [0, 0.1) is 0 Å². The molecular formula is C10H12F3NO. The smallest absolute Gasteiger partial charge is 0.398 e. The monoisotopic (exact) mass is 219 g/mol. The first-order valence-electron chi connectivity index (χ1n) is 4.52. The summed E-state index contributed by atoms with van der Waals surface area (Å²) in [6, 6.07) is 3.82. The molecular weight excluding hydrogens is 207 g/mol. The molecule has 0 heterocycles.